The summed E-state index contributed by atoms with van der Waals surface area (Å²) in [6.07, 6.45) is 3.37. The molecule has 3 N–H and O–H groups in total. The fourth-order valence-electron chi connectivity index (χ4n) is 1.18. The van der Waals surface area contributed by atoms with Crippen LogP contribution in [-0.4, -0.2) is 33.3 Å². The van der Waals surface area contributed by atoms with E-state index in [1.165, 1.54) is 6.92 Å². The Kier molecular flexibility index (Phi) is 3.98. The number of nitrogens with zero attached hydrogens (tertiary/aromatic N) is 1. The first-order valence-electron chi connectivity index (χ1n) is 5.02. The Morgan fingerprint density at radius 1 is 1.69 bits per heavy atom. The van der Waals surface area contributed by atoms with E-state index in [0.717, 1.165) is 5.56 Å². The highest BCUT2D eigenvalue weighted by atomic mass is 16.4. The Bertz CT molecular complexity index is 352. The van der Waals surface area contributed by atoms with Crippen LogP contribution in [0.5, 0.6) is 0 Å². The van der Waals surface area contributed by atoms with E-state index in [4.69, 9.17) is 5.11 Å². The molecule has 5 heteroatoms. The van der Waals surface area contributed by atoms with Crippen molar-refractivity contribution in [1.82, 2.24) is 10.3 Å². The van der Waals surface area contributed by atoms with Crippen molar-refractivity contribution >= 4 is 5.97 Å². The van der Waals surface area contributed by atoms with Crippen LogP contribution in [0.2, 0.25) is 0 Å². The van der Waals surface area contributed by atoms with Gasteiger partial charge in [0.15, 0.2) is 5.60 Å². The molecular weight excluding hydrogens is 208 g/mol. The topological polar surface area (TPSA) is 82.5 Å². The largest absolute Gasteiger partial charge is 0.479 e. The molecule has 0 radical (unpaired) electrons. The number of nitrogens with one attached hydrogen (secondary N) is 1. The third-order valence-corrected chi connectivity index (χ3v) is 2.40. The van der Waals surface area contributed by atoms with Gasteiger partial charge in [0.25, 0.3) is 0 Å². The molecule has 0 aliphatic heterocycles. The van der Waals surface area contributed by atoms with E-state index in [1.54, 1.807) is 12.4 Å². The molecule has 0 amide bonds. The third-order valence-electron chi connectivity index (χ3n) is 2.40. The van der Waals surface area contributed by atoms with Gasteiger partial charge in [0, 0.05) is 25.0 Å². The number of rotatable bonds is 5. The van der Waals surface area contributed by atoms with Gasteiger partial charge in [-0.1, -0.05) is 6.07 Å². The van der Waals surface area contributed by atoms with Gasteiger partial charge in [-0.05, 0) is 25.5 Å². The van der Waals surface area contributed by atoms with Crippen LogP contribution in [0.4, 0.5) is 0 Å². The predicted molar refractivity (Wildman–Crippen MR) is 58.9 cm³/mol. The summed E-state index contributed by atoms with van der Waals surface area (Å²) in [6.45, 7) is 3.13. The number of hydrogen-bond donors (Lipinski definition) is 3. The van der Waals surface area contributed by atoms with Crippen LogP contribution < -0.4 is 5.32 Å². The summed E-state index contributed by atoms with van der Waals surface area (Å²) in [6, 6.07) is 3.64. The van der Waals surface area contributed by atoms with Crippen LogP contribution in [0.3, 0.4) is 0 Å². The average Bonchev–Trinajstić information content (AvgIpc) is 2.27. The minimum absolute atomic E-state index is 0.0155. The fourth-order valence-corrected chi connectivity index (χ4v) is 1.18. The molecule has 1 aromatic heterocycles. The second-order valence-electron chi connectivity index (χ2n) is 3.97. The fraction of sp³-hybridized carbons (Fsp3) is 0.455. The lowest BCUT2D eigenvalue weighted by molar-refractivity contribution is -0.156. The zero-order chi connectivity index (χ0) is 12.2. The van der Waals surface area contributed by atoms with E-state index in [-0.39, 0.29) is 12.6 Å². The zero-order valence-electron chi connectivity index (χ0n) is 9.34. The minimum Gasteiger partial charge on any atom is -0.479 e. The Labute approximate surface area is 94.1 Å². The van der Waals surface area contributed by atoms with Gasteiger partial charge in [-0.15, -0.1) is 0 Å². The molecular formula is C11H16N2O3. The van der Waals surface area contributed by atoms with Gasteiger partial charge < -0.3 is 15.5 Å². The quantitative estimate of drug-likeness (QED) is 0.681. The van der Waals surface area contributed by atoms with Crippen LogP contribution >= 0.6 is 0 Å². The summed E-state index contributed by atoms with van der Waals surface area (Å²) >= 11 is 0. The van der Waals surface area contributed by atoms with Gasteiger partial charge in [-0.25, -0.2) is 4.79 Å². The number of aliphatic carboxylic acids is 1. The maximum Gasteiger partial charge on any atom is 0.336 e. The Morgan fingerprint density at radius 3 is 2.88 bits per heavy atom. The number of pyridine rings is 1. The molecule has 2 atom stereocenters. The predicted octanol–water partition coefficient (Wildman–Crippen LogP) is 0.568. The third kappa shape index (κ3) is 3.29. The van der Waals surface area contributed by atoms with Crippen molar-refractivity contribution in [3.8, 4) is 0 Å². The maximum absolute atomic E-state index is 10.7. The monoisotopic (exact) mass is 224 g/mol. The summed E-state index contributed by atoms with van der Waals surface area (Å²) < 4.78 is 0. The molecule has 88 valence electrons. The van der Waals surface area contributed by atoms with Crippen molar-refractivity contribution in [2.45, 2.75) is 25.5 Å². The molecule has 1 rings (SSSR count). The number of hydrogen-bond acceptors (Lipinski definition) is 4. The van der Waals surface area contributed by atoms with Gasteiger partial charge in [0.2, 0.25) is 0 Å². The molecule has 0 aliphatic carbocycles. The highest BCUT2D eigenvalue weighted by Crippen LogP contribution is 2.11. The molecule has 1 aromatic rings. The first-order valence-corrected chi connectivity index (χ1v) is 5.02. The van der Waals surface area contributed by atoms with Gasteiger partial charge in [0.05, 0.1) is 0 Å². The van der Waals surface area contributed by atoms with E-state index in [2.05, 4.69) is 10.3 Å². The number of aromatic nitrogens is 1. The Morgan fingerprint density at radius 2 is 2.38 bits per heavy atom. The van der Waals surface area contributed by atoms with Crippen LogP contribution in [0.25, 0.3) is 0 Å². The van der Waals surface area contributed by atoms with Crippen molar-refractivity contribution < 1.29 is 15.0 Å². The molecule has 0 aromatic carbocycles. The van der Waals surface area contributed by atoms with Crippen molar-refractivity contribution in [1.29, 1.82) is 0 Å². The molecule has 1 unspecified atom stereocenters. The second-order valence-corrected chi connectivity index (χ2v) is 3.97. The van der Waals surface area contributed by atoms with Gasteiger partial charge in [-0.3, -0.25) is 4.98 Å². The summed E-state index contributed by atoms with van der Waals surface area (Å²) in [7, 11) is 0. The molecule has 0 saturated heterocycles. The first kappa shape index (κ1) is 12.6. The summed E-state index contributed by atoms with van der Waals surface area (Å²) in [5, 5.41) is 21.2. The van der Waals surface area contributed by atoms with Crippen LogP contribution in [0.1, 0.15) is 25.5 Å². The number of carboxylic acids is 1. The molecule has 5 nitrogen and oxygen atoms in total. The van der Waals surface area contributed by atoms with Gasteiger partial charge in [0.1, 0.15) is 0 Å². The van der Waals surface area contributed by atoms with Crippen molar-refractivity contribution in [3.05, 3.63) is 30.1 Å². The van der Waals surface area contributed by atoms with E-state index >= 15 is 0 Å². The van der Waals surface area contributed by atoms with Crippen molar-refractivity contribution in [2.75, 3.05) is 6.54 Å². The number of aliphatic hydroxyl groups is 1. The summed E-state index contributed by atoms with van der Waals surface area (Å²) in [5.41, 5.74) is -0.806. The van der Waals surface area contributed by atoms with Crippen LogP contribution in [0, 0.1) is 0 Å². The molecule has 0 saturated carbocycles. The molecule has 1 heterocycles. The molecule has 0 aliphatic rings. The average molecular weight is 224 g/mol. The van der Waals surface area contributed by atoms with E-state index in [9.17, 15) is 9.90 Å². The SMILES string of the molecule is C[C@@H](NCC(C)(O)C(=O)O)c1cccnc1. The minimum atomic E-state index is -1.75. The van der Waals surface area contributed by atoms with E-state index in [0.29, 0.717) is 0 Å². The van der Waals surface area contributed by atoms with Crippen LogP contribution in [0.15, 0.2) is 24.5 Å². The molecule has 16 heavy (non-hydrogen) atoms. The number of carbonyl (C=O) groups is 1. The zero-order valence-corrected chi connectivity index (χ0v) is 9.34. The lowest BCUT2D eigenvalue weighted by Gasteiger charge is -2.21. The first-order chi connectivity index (χ1) is 7.43. The molecule has 0 fully saturated rings. The second kappa shape index (κ2) is 5.05. The van der Waals surface area contributed by atoms with E-state index in [1.807, 2.05) is 19.1 Å². The van der Waals surface area contributed by atoms with Gasteiger partial charge >= 0.3 is 5.97 Å². The van der Waals surface area contributed by atoms with Crippen molar-refractivity contribution in [3.63, 3.8) is 0 Å². The van der Waals surface area contributed by atoms with Gasteiger partial charge in [-0.2, -0.15) is 0 Å². The summed E-state index contributed by atoms with van der Waals surface area (Å²) in [5.74, 6) is -1.24. The Balaban J connectivity index is 2.54. The number of carboxylic acid groups (broad SMARTS) is 1. The molecule has 0 bridgehead atoms. The highest BCUT2D eigenvalue weighted by molar-refractivity contribution is 5.76. The lowest BCUT2D eigenvalue weighted by atomic mass is 10.1. The smallest absolute Gasteiger partial charge is 0.336 e. The molecule has 0 spiro atoms. The van der Waals surface area contributed by atoms with Crippen molar-refractivity contribution in [2.24, 2.45) is 0 Å². The summed E-state index contributed by atoms with van der Waals surface area (Å²) in [4.78, 5) is 14.6. The Hall–Kier alpha value is -1.46. The standard InChI is InChI=1S/C11H16N2O3/c1-8(9-4-3-5-12-6-9)13-7-11(2,16)10(14)15/h3-6,8,13,16H,7H2,1-2H3,(H,14,15)/t8-,11?/m1/s1. The highest BCUT2D eigenvalue weighted by Gasteiger charge is 2.29. The van der Waals surface area contributed by atoms with E-state index < -0.39 is 11.6 Å². The van der Waals surface area contributed by atoms with Crippen LogP contribution in [-0.2, 0) is 4.79 Å². The normalized spacial score (nSPS) is 16.4. The maximum atomic E-state index is 10.7. The lowest BCUT2D eigenvalue weighted by Crippen LogP contribution is -2.45.